The van der Waals surface area contributed by atoms with E-state index >= 15 is 0 Å². The van der Waals surface area contributed by atoms with Gasteiger partial charge in [0, 0.05) is 19.0 Å². The molecule has 1 atom stereocenters. The molecule has 0 aliphatic carbocycles. The minimum atomic E-state index is -0.810. The third-order valence-corrected chi connectivity index (χ3v) is 5.34. The molecule has 0 aromatic heterocycles. The molecular formula is C25H28N2O5. The summed E-state index contributed by atoms with van der Waals surface area (Å²) >= 11 is 0. The highest BCUT2D eigenvalue weighted by Crippen LogP contribution is 2.29. The number of anilines is 1. The van der Waals surface area contributed by atoms with Gasteiger partial charge in [0.1, 0.15) is 17.2 Å². The smallest absolute Gasteiger partial charge is 0.211 e. The van der Waals surface area contributed by atoms with E-state index in [9.17, 15) is 15.0 Å². The number of carbonyl (C=O) groups excluding carboxylic acids is 1. The zero-order valence-corrected chi connectivity index (χ0v) is 18.1. The van der Waals surface area contributed by atoms with Crippen molar-refractivity contribution in [1.29, 1.82) is 0 Å². The van der Waals surface area contributed by atoms with Crippen molar-refractivity contribution in [2.24, 2.45) is 0 Å². The number of aliphatic hydroxyl groups is 1. The molecule has 32 heavy (non-hydrogen) atoms. The summed E-state index contributed by atoms with van der Waals surface area (Å²) in [6, 6.07) is 20.5. The van der Waals surface area contributed by atoms with Crippen molar-refractivity contribution in [3.63, 3.8) is 0 Å². The van der Waals surface area contributed by atoms with Crippen molar-refractivity contribution in [2.45, 2.75) is 12.0 Å². The van der Waals surface area contributed by atoms with Crippen LogP contribution in [0.5, 0.6) is 17.2 Å². The summed E-state index contributed by atoms with van der Waals surface area (Å²) in [5, 5.41) is 26.2. The van der Waals surface area contributed by atoms with Crippen molar-refractivity contribution in [1.82, 2.24) is 5.32 Å². The van der Waals surface area contributed by atoms with Gasteiger partial charge in [0.2, 0.25) is 6.41 Å². The van der Waals surface area contributed by atoms with Gasteiger partial charge in [0.05, 0.1) is 26.0 Å². The highest BCUT2D eigenvalue weighted by molar-refractivity contribution is 5.75. The minimum Gasteiger partial charge on any atom is -0.506 e. The van der Waals surface area contributed by atoms with Gasteiger partial charge >= 0.3 is 0 Å². The normalized spacial score (nSPS) is 11.8. The second-order valence-corrected chi connectivity index (χ2v) is 7.31. The van der Waals surface area contributed by atoms with Crippen molar-refractivity contribution >= 4 is 12.1 Å². The molecule has 0 bridgehead atoms. The quantitative estimate of drug-likeness (QED) is 0.271. The molecule has 0 saturated heterocycles. The number of ether oxygens (including phenoxy) is 2. The third-order valence-electron chi connectivity index (χ3n) is 5.34. The molecule has 3 aromatic rings. The maximum atomic E-state index is 10.7. The van der Waals surface area contributed by atoms with Gasteiger partial charge in [-0.1, -0.05) is 30.3 Å². The van der Waals surface area contributed by atoms with E-state index < -0.39 is 6.10 Å². The number of hydrogen-bond acceptors (Lipinski definition) is 6. The molecule has 0 aliphatic heterocycles. The Morgan fingerprint density at radius 2 is 1.38 bits per heavy atom. The second kappa shape index (κ2) is 11.2. The number of rotatable bonds is 11. The van der Waals surface area contributed by atoms with Gasteiger partial charge in [-0.25, -0.2) is 0 Å². The van der Waals surface area contributed by atoms with Crippen molar-refractivity contribution in [3.8, 4) is 17.2 Å². The van der Waals surface area contributed by atoms with Gasteiger partial charge in [-0.3, -0.25) is 4.79 Å². The Bertz CT molecular complexity index is 958. The van der Waals surface area contributed by atoms with E-state index in [1.165, 1.54) is 6.07 Å². The van der Waals surface area contributed by atoms with Crippen LogP contribution in [0.4, 0.5) is 5.69 Å². The number of phenolic OH excluding ortho intramolecular Hbond substituents is 1. The number of aliphatic hydroxyl groups excluding tert-OH is 1. The van der Waals surface area contributed by atoms with Crippen LogP contribution in [0.15, 0.2) is 66.7 Å². The predicted octanol–water partition coefficient (Wildman–Crippen LogP) is 3.43. The van der Waals surface area contributed by atoms with Crippen LogP contribution in [0.25, 0.3) is 0 Å². The molecule has 0 radical (unpaired) electrons. The summed E-state index contributed by atoms with van der Waals surface area (Å²) in [4.78, 5) is 10.7. The van der Waals surface area contributed by atoms with Crippen LogP contribution >= 0.6 is 0 Å². The molecule has 0 unspecified atom stereocenters. The number of nitrogens with one attached hydrogen (secondary N) is 2. The average Bonchev–Trinajstić information content (AvgIpc) is 2.83. The molecule has 7 heteroatoms. The molecule has 3 aromatic carbocycles. The van der Waals surface area contributed by atoms with Crippen molar-refractivity contribution in [3.05, 3.63) is 83.4 Å². The van der Waals surface area contributed by atoms with Crippen LogP contribution in [0.2, 0.25) is 0 Å². The molecule has 4 N–H and O–H groups in total. The minimum absolute atomic E-state index is 0.0473. The van der Waals surface area contributed by atoms with Crippen LogP contribution in [0.3, 0.4) is 0 Å². The predicted molar refractivity (Wildman–Crippen MR) is 123 cm³/mol. The maximum Gasteiger partial charge on any atom is 0.211 e. The Kier molecular flexibility index (Phi) is 8.08. The van der Waals surface area contributed by atoms with Crippen molar-refractivity contribution in [2.75, 3.05) is 32.6 Å². The summed E-state index contributed by atoms with van der Waals surface area (Å²) in [7, 11) is 3.27. The van der Waals surface area contributed by atoms with Gasteiger partial charge in [0.25, 0.3) is 0 Å². The van der Waals surface area contributed by atoms with Crippen LogP contribution in [-0.4, -0.2) is 43.9 Å². The number of methoxy groups -OCH3 is 2. The molecule has 0 fully saturated rings. The molecule has 0 saturated carbocycles. The Labute approximate surface area is 187 Å². The van der Waals surface area contributed by atoms with Crippen LogP contribution < -0.4 is 20.1 Å². The van der Waals surface area contributed by atoms with E-state index in [0.29, 0.717) is 25.1 Å². The Hall–Kier alpha value is -3.55. The first-order valence-corrected chi connectivity index (χ1v) is 10.3. The highest BCUT2D eigenvalue weighted by Gasteiger charge is 2.16. The molecular weight excluding hydrogens is 408 g/mol. The lowest BCUT2D eigenvalue weighted by Crippen LogP contribution is -2.27. The van der Waals surface area contributed by atoms with Gasteiger partial charge in [-0.05, 0) is 53.1 Å². The fraction of sp³-hybridized carbons (Fsp3) is 0.240. The summed E-state index contributed by atoms with van der Waals surface area (Å²) in [6.45, 7) is 0.890. The first-order valence-electron chi connectivity index (χ1n) is 10.3. The largest absolute Gasteiger partial charge is 0.506 e. The first-order chi connectivity index (χ1) is 15.5. The van der Waals surface area contributed by atoms with Crippen molar-refractivity contribution < 1.29 is 24.5 Å². The van der Waals surface area contributed by atoms with Gasteiger partial charge < -0.3 is 30.3 Å². The lowest BCUT2D eigenvalue weighted by atomic mass is 9.91. The van der Waals surface area contributed by atoms with Crippen LogP contribution in [0.1, 0.15) is 28.7 Å². The topological polar surface area (TPSA) is 100 Å². The van der Waals surface area contributed by atoms with Gasteiger partial charge in [0.15, 0.2) is 0 Å². The number of hydrogen-bond donors (Lipinski definition) is 4. The number of amides is 1. The fourth-order valence-electron chi connectivity index (χ4n) is 3.52. The summed E-state index contributed by atoms with van der Waals surface area (Å²) in [5.41, 5.74) is 3.07. The summed E-state index contributed by atoms with van der Waals surface area (Å²) in [6.07, 6.45) is -0.326. The van der Waals surface area contributed by atoms with E-state index in [4.69, 9.17) is 9.47 Å². The van der Waals surface area contributed by atoms with Gasteiger partial charge in [-0.2, -0.15) is 0 Å². The first kappa shape index (κ1) is 23.1. The average molecular weight is 437 g/mol. The molecule has 0 aliphatic rings. The van der Waals surface area contributed by atoms with E-state index in [1.54, 1.807) is 26.4 Å². The number of phenols is 1. The molecule has 0 spiro atoms. The standard InChI is InChI=1S/C25H28N2O5/c1-31-20-8-3-17(4-9-20)22(18-5-10-21(32-2)11-6-18)14-26-15-25(30)19-7-12-24(29)23(13-19)27-16-28/h3-13,16,22,25-26,29-30H,14-15H2,1-2H3,(H,27,28)/t25-/m0/s1. The van der Waals surface area contributed by atoms with E-state index in [1.807, 2.05) is 48.5 Å². The maximum absolute atomic E-state index is 10.7. The molecule has 0 heterocycles. The number of aromatic hydroxyl groups is 1. The molecule has 168 valence electrons. The lowest BCUT2D eigenvalue weighted by molar-refractivity contribution is -0.105. The zero-order chi connectivity index (χ0) is 22.9. The summed E-state index contributed by atoms with van der Waals surface area (Å²) in [5.74, 6) is 1.57. The van der Waals surface area contributed by atoms with E-state index in [2.05, 4.69) is 10.6 Å². The van der Waals surface area contributed by atoms with Crippen LogP contribution in [0, 0.1) is 0 Å². The van der Waals surface area contributed by atoms with Crippen LogP contribution in [-0.2, 0) is 4.79 Å². The highest BCUT2D eigenvalue weighted by atomic mass is 16.5. The molecule has 3 rings (SSSR count). The van der Waals surface area contributed by atoms with Gasteiger partial charge in [-0.15, -0.1) is 0 Å². The Morgan fingerprint density at radius 1 is 0.844 bits per heavy atom. The fourth-order valence-corrected chi connectivity index (χ4v) is 3.52. The Balaban J connectivity index is 1.73. The zero-order valence-electron chi connectivity index (χ0n) is 18.1. The molecule has 1 amide bonds. The number of carbonyl (C=O) groups is 1. The Morgan fingerprint density at radius 3 is 1.88 bits per heavy atom. The lowest BCUT2D eigenvalue weighted by Gasteiger charge is -2.21. The summed E-state index contributed by atoms with van der Waals surface area (Å²) < 4.78 is 10.5. The SMILES string of the molecule is COc1ccc(C(CNC[C@H](O)c2ccc(O)c(NC=O)c2)c2ccc(OC)cc2)cc1. The van der Waals surface area contributed by atoms with E-state index in [-0.39, 0.29) is 17.4 Å². The third kappa shape index (κ3) is 5.78. The molecule has 7 nitrogen and oxygen atoms in total. The second-order valence-electron chi connectivity index (χ2n) is 7.31. The monoisotopic (exact) mass is 436 g/mol. The van der Waals surface area contributed by atoms with E-state index in [0.717, 1.165) is 22.6 Å². The number of benzene rings is 3.